The van der Waals surface area contributed by atoms with Crippen LogP contribution in [0, 0.1) is 0 Å². The molecule has 0 aliphatic carbocycles. The molecule has 1 amide bonds. The van der Waals surface area contributed by atoms with Crippen LogP contribution in [-0.4, -0.2) is 12.5 Å². The van der Waals surface area contributed by atoms with E-state index >= 15 is 0 Å². The zero-order chi connectivity index (χ0) is 9.97. The summed E-state index contributed by atoms with van der Waals surface area (Å²) >= 11 is 3.44. The average Bonchev–Trinajstić information content (AvgIpc) is 2.18. The number of carbonyl (C=O) groups is 1. The number of benzene rings is 1. The summed E-state index contributed by atoms with van der Waals surface area (Å²) in [5.74, 6) is 0.558. The van der Waals surface area contributed by atoms with Gasteiger partial charge < -0.3 is 5.32 Å². The van der Waals surface area contributed by atoms with Crippen molar-refractivity contribution in [3.63, 3.8) is 0 Å². The maximum absolute atomic E-state index is 11.2. The molecule has 74 valence electrons. The minimum atomic E-state index is 0.168. The molecule has 0 unspecified atom stereocenters. The van der Waals surface area contributed by atoms with Crippen molar-refractivity contribution in [2.45, 2.75) is 18.8 Å². The Morgan fingerprint density at radius 1 is 1.43 bits per heavy atom. The first kappa shape index (κ1) is 9.71. The molecule has 14 heavy (non-hydrogen) atoms. The van der Waals surface area contributed by atoms with E-state index in [1.165, 1.54) is 5.56 Å². The summed E-state index contributed by atoms with van der Waals surface area (Å²) in [4.78, 5) is 11.2. The summed E-state index contributed by atoms with van der Waals surface area (Å²) < 4.78 is 1.08. The molecule has 1 aromatic rings. The van der Waals surface area contributed by atoms with Crippen LogP contribution in [0.1, 0.15) is 24.3 Å². The van der Waals surface area contributed by atoms with Crippen LogP contribution in [0.3, 0.4) is 0 Å². The topological polar surface area (TPSA) is 29.1 Å². The number of hydrogen-bond donors (Lipinski definition) is 1. The zero-order valence-electron chi connectivity index (χ0n) is 7.79. The number of hydrogen-bond acceptors (Lipinski definition) is 1. The molecule has 0 radical (unpaired) electrons. The molecule has 1 aliphatic heterocycles. The van der Waals surface area contributed by atoms with Crippen molar-refractivity contribution in [1.29, 1.82) is 0 Å². The summed E-state index contributed by atoms with van der Waals surface area (Å²) in [5.41, 5.74) is 1.26. The van der Waals surface area contributed by atoms with Crippen LogP contribution in [0.5, 0.6) is 0 Å². The molecule has 0 aromatic heterocycles. The van der Waals surface area contributed by atoms with E-state index in [2.05, 4.69) is 33.4 Å². The van der Waals surface area contributed by atoms with E-state index in [1.54, 1.807) is 0 Å². The highest BCUT2D eigenvalue weighted by Gasteiger charge is 2.20. The Kier molecular flexibility index (Phi) is 2.87. The van der Waals surface area contributed by atoms with Crippen molar-refractivity contribution >= 4 is 21.8 Å². The molecule has 1 atom stereocenters. The van der Waals surface area contributed by atoms with Crippen molar-refractivity contribution in [3.8, 4) is 0 Å². The van der Waals surface area contributed by atoms with Crippen molar-refractivity contribution in [3.05, 3.63) is 34.3 Å². The maximum Gasteiger partial charge on any atom is 0.220 e. The maximum atomic E-state index is 11.2. The second-order valence-electron chi connectivity index (χ2n) is 3.59. The predicted molar refractivity (Wildman–Crippen MR) is 59.1 cm³/mol. The average molecular weight is 254 g/mol. The van der Waals surface area contributed by atoms with E-state index < -0.39 is 0 Å². The summed E-state index contributed by atoms with van der Waals surface area (Å²) in [6.07, 6.45) is 1.67. The molecule has 1 fully saturated rings. The van der Waals surface area contributed by atoms with E-state index in [0.29, 0.717) is 12.3 Å². The second kappa shape index (κ2) is 4.13. The fourth-order valence-electron chi connectivity index (χ4n) is 1.83. The van der Waals surface area contributed by atoms with Gasteiger partial charge in [-0.25, -0.2) is 0 Å². The third-order valence-electron chi connectivity index (χ3n) is 2.57. The standard InChI is InChI=1S/C11H12BrNO/c12-10-3-1-2-8(6-10)9-4-5-13-11(14)7-9/h1-3,6,9H,4-5,7H2,(H,13,14)/t9-/m0/s1. The molecule has 2 rings (SSSR count). The molecule has 1 N–H and O–H groups in total. The molecule has 0 bridgehead atoms. The minimum Gasteiger partial charge on any atom is -0.356 e. The summed E-state index contributed by atoms with van der Waals surface area (Å²) in [6, 6.07) is 8.22. The van der Waals surface area contributed by atoms with Crippen LogP contribution < -0.4 is 5.32 Å². The number of nitrogens with one attached hydrogen (secondary N) is 1. The Bertz CT molecular complexity index is 351. The third-order valence-corrected chi connectivity index (χ3v) is 3.06. The van der Waals surface area contributed by atoms with Gasteiger partial charge in [0.1, 0.15) is 0 Å². The van der Waals surface area contributed by atoms with Crippen LogP contribution >= 0.6 is 15.9 Å². The molecular formula is C11H12BrNO. The van der Waals surface area contributed by atoms with Gasteiger partial charge in [-0.15, -0.1) is 0 Å². The van der Waals surface area contributed by atoms with Gasteiger partial charge in [-0.2, -0.15) is 0 Å². The third kappa shape index (κ3) is 2.15. The summed E-state index contributed by atoms with van der Waals surface area (Å²) in [6.45, 7) is 0.802. The van der Waals surface area contributed by atoms with Crippen LogP contribution in [0.15, 0.2) is 28.7 Å². The van der Waals surface area contributed by atoms with Gasteiger partial charge in [-0.05, 0) is 30.0 Å². The van der Waals surface area contributed by atoms with Crippen molar-refractivity contribution < 1.29 is 4.79 Å². The van der Waals surface area contributed by atoms with Gasteiger partial charge in [-0.3, -0.25) is 4.79 Å². The van der Waals surface area contributed by atoms with E-state index in [9.17, 15) is 4.79 Å². The first-order chi connectivity index (χ1) is 6.75. The van der Waals surface area contributed by atoms with Gasteiger partial charge in [0.05, 0.1) is 0 Å². The lowest BCUT2D eigenvalue weighted by Crippen LogP contribution is -2.32. The minimum absolute atomic E-state index is 0.168. The fraction of sp³-hybridized carbons (Fsp3) is 0.364. The van der Waals surface area contributed by atoms with Gasteiger partial charge in [0, 0.05) is 17.4 Å². The lowest BCUT2D eigenvalue weighted by atomic mass is 9.90. The fourth-order valence-corrected chi connectivity index (χ4v) is 2.25. The lowest BCUT2D eigenvalue weighted by Gasteiger charge is -2.22. The van der Waals surface area contributed by atoms with Gasteiger partial charge in [-0.1, -0.05) is 28.1 Å². The molecule has 1 heterocycles. The Labute approximate surface area is 91.8 Å². The number of rotatable bonds is 1. The highest BCUT2D eigenvalue weighted by Crippen LogP contribution is 2.27. The number of amides is 1. The smallest absolute Gasteiger partial charge is 0.220 e. The largest absolute Gasteiger partial charge is 0.356 e. The second-order valence-corrected chi connectivity index (χ2v) is 4.51. The first-order valence-corrected chi connectivity index (χ1v) is 5.57. The highest BCUT2D eigenvalue weighted by atomic mass is 79.9. The monoisotopic (exact) mass is 253 g/mol. The predicted octanol–water partition coefficient (Wildman–Crippen LogP) is 2.44. The molecule has 0 saturated carbocycles. The van der Waals surface area contributed by atoms with Crippen LogP contribution in [0.4, 0.5) is 0 Å². The molecule has 1 aromatic carbocycles. The van der Waals surface area contributed by atoms with E-state index in [4.69, 9.17) is 0 Å². The Balaban J connectivity index is 2.17. The van der Waals surface area contributed by atoms with Gasteiger partial charge >= 0.3 is 0 Å². The highest BCUT2D eigenvalue weighted by molar-refractivity contribution is 9.10. The summed E-state index contributed by atoms with van der Waals surface area (Å²) in [7, 11) is 0. The normalized spacial score (nSPS) is 21.8. The Morgan fingerprint density at radius 3 is 3.00 bits per heavy atom. The zero-order valence-corrected chi connectivity index (χ0v) is 9.38. The van der Waals surface area contributed by atoms with E-state index in [0.717, 1.165) is 17.4 Å². The van der Waals surface area contributed by atoms with Crippen LogP contribution in [0.25, 0.3) is 0 Å². The van der Waals surface area contributed by atoms with Crippen molar-refractivity contribution in [1.82, 2.24) is 5.32 Å². The lowest BCUT2D eigenvalue weighted by molar-refractivity contribution is -0.122. The van der Waals surface area contributed by atoms with Crippen molar-refractivity contribution in [2.75, 3.05) is 6.54 Å². The molecule has 0 spiro atoms. The molecule has 3 heteroatoms. The molecular weight excluding hydrogens is 242 g/mol. The SMILES string of the molecule is O=C1C[C@@H](c2cccc(Br)c2)CCN1. The van der Waals surface area contributed by atoms with Crippen LogP contribution in [-0.2, 0) is 4.79 Å². The quantitative estimate of drug-likeness (QED) is 0.819. The number of carbonyl (C=O) groups excluding carboxylic acids is 1. The molecule has 1 saturated heterocycles. The van der Waals surface area contributed by atoms with Gasteiger partial charge in [0.2, 0.25) is 5.91 Å². The van der Waals surface area contributed by atoms with Crippen molar-refractivity contribution in [2.24, 2.45) is 0 Å². The molecule has 2 nitrogen and oxygen atoms in total. The van der Waals surface area contributed by atoms with Crippen LogP contribution in [0.2, 0.25) is 0 Å². The van der Waals surface area contributed by atoms with Gasteiger partial charge in [0.25, 0.3) is 0 Å². The van der Waals surface area contributed by atoms with E-state index in [-0.39, 0.29) is 5.91 Å². The first-order valence-electron chi connectivity index (χ1n) is 4.78. The Hall–Kier alpha value is -0.830. The summed E-state index contributed by atoms with van der Waals surface area (Å²) in [5, 5.41) is 2.85. The number of piperidine rings is 1. The number of halogens is 1. The Morgan fingerprint density at radius 2 is 2.29 bits per heavy atom. The van der Waals surface area contributed by atoms with Gasteiger partial charge in [0.15, 0.2) is 0 Å². The molecule has 1 aliphatic rings. The van der Waals surface area contributed by atoms with E-state index in [1.807, 2.05) is 12.1 Å².